The minimum absolute atomic E-state index is 0.828. The van der Waals surface area contributed by atoms with Gasteiger partial charge in [-0.05, 0) is 69.6 Å². The number of nitrogens with one attached hydrogen (secondary N) is 1. The molecular weight excluding hydrogens is 260 g/mol. The Balaban J connectivity index is 1.73. The zero-order valence-electron chi connectivity index (χ0n) is 13.6. The van der Waals surface area contributed by atoms with E-state index in [1.54, 1.807) is 0 Å². The molecule has 1 aromatic rings. The topological polar surface area (TPSA) is 24.5 Å². The summed E-state index contributed by atoms with van der Waals surface area (Å²) in [6, 6.07) is 8.64. The Labute approximate surface area is 129 Å². The number of benzene rings is 1. The van der Waals surface area contributed by atoms with E-state index in [9.17, 15) is 0 Å². The molecule has 1 saturated heterocycles. The molecule has 0 aromatic heterocycles. The SMILES string of the molecule is CCCCOc1ccc(CN2CCC(CNC)CC2)cc1. The molecule has 1 aliphatic heterocycles. The first-order valence-electron chi connectivity index (χ1n) is 8.40. The van der Waals surface area contributed by atoms with Gasteiger partial charge in [0.15, 0.2) is 0 Å². The molecule has 0 aliphatic carbocycles. The largest absolute Gasteiger partial charge is 0.494 e. The second kappa shape index (κ2) is 9.06. The van der Waals surface area contributed by atoms with Crippen molar-refractivity contribution in [3.63, 3.8) is 0 Å². The van der Waals surface area contributed by atoms with E-state index in [-0.39, 0.29) is 0 Å². The van der Waals surface area contributed by atoms with Crippen molar-refractivity contribution in [2.45, 2.75) is 39.2 Å². The molecule has 21 heavy (non-hydrogen) atoms. The molecule has 0 atom stereocenters. The van der Waals surface area contributed by atoms with Crippen LogP contribution in [0.1, 0.15) is 38.2 Å². The highest BCUT2D eigenvalue weighted by atomic mass is 16.5. The highest BCUT2D eigenvalue weighted by molar-refractivity contribution is 5.27. The molecule has 0 radical (unpaired) electrons. The predicted octanol–water partition coefficient (Wildman–Crippen LogP) is 3.30. The lowest BCUT2D eigenvalue weighted by atomic mass is 9.96. The van der Waals surface area contributed by atoms with Gasteiger partial charge in [0.25, 0.3) is 0 Å². The Morgan fingerprint density at radius 3 is 2.52 bits per heavy atom. The molecule has 1 N–H and O–H groups in total. The van der Waals surface area contributed by atoms with Crippen molar-refractivity contribution in [3.8, 4) is 5.75 Å². The number of hydrogen-bond donors (Lipinski definition) is 1. The quantitative estimate of drug-likeness (QED) is 0.744. The van der Waals surface area contributed by atoms with E-state index in [4.69, 9.17) is 4.74 Å². The molecule has 0 spiro atoms. The van der Waals surface area contributed by atoms with E-state index in [0.717, 1.165) is 37.8 Å². The van der Waals surface area contributed by atoms with Crippen LogP contribution in [-0.4, -0.2) is 38.2 Å². The van der Waals surface area contributed by atoms with Crippen molar-refractivity contribution in [1.82, 2.24) is 10.2 Å². The van der Waals surface area contributed by atoms with E-state index < -0.39 is 0 Å². The number of hydrogen-bond acceptors (Lipinski definition) is 3. The number of rotatable bonds is 8. The van der Waals surface area contributed by atoms with Crippen LogP contribution in [0, 0.1) is 5.92 Å². The molecule has 3 nitrogen and oxygen atoms in total. The van der Waals surface area contributed by atoms with E-state index in [1.165, 1.54) is 37.9 Å². The minimum atomic E-state index is 0.828. The Bertz CT molecular complexity index is 383. The fourth-order valence-corrected chi connectivity index (χ4v) is 2.92. The molecule has 1 fully saturated rings. The Kier molecular flexibility index (Phi) is 7.04. The Morgan fingerprint density at radius 1 is 1.19 bits per heavy atom. The number of unbranched alkanes of at least 4 members (excludes halogenated alkanes) is 1. The van der Waals surface area contributed by atoms with Gasteiger partial charge < -0.3 is 10.1 Å². The maximum absolute atomic E-state index is 5.71. The summed E-state index contributed by atoms with van der Waals surface area (Å²) in [5.74, 6) is 1.86. The molecule has 1 heterocycles. The van der Waals surface area contributed by atoms with Crippen LogP contribution in [0.5, 0.6) is 5.75 Å². The lowest BCUT2D eigenvalue weighted by Gasteiger charge is -2.31. The molecule has 1 aliphatic rings. The van der Waals surface area contributed by atoms with Crippen LogP contribution in [0.2, 0.25) is 0 Å². The van der Waals surface area contributed by atoms with Crippen molar-refractivity contribution < 1.29 is 4.74 Å². The summed E-state index contributed by atoms with van der Waals surface area (Å²) in [5, 5.41) is 3.30. The first-order valence-corrected chi connectivity index (χ1v) is 8.40. The van der Waals surface area contributed by atoms with Gasteiger partial charge in [0.05, 0.1) is 6.61 Å². The van der Waals surface area contributed by atoms with E-state index in [1.807, 2.05) is 0 Å². The molecule has 0 saturated carbocycles. The van der Waals surface area contributed by atoms with Gasteiger partial charge in [-0.2, -0.15) is 0 Å². The number of ether oxygens (including phenoxy) is 1. The standard InChI is InChI=1S/C18H30N2O/c1-3-4-13-21-18-7-5-17(6-8-18)15-20-11-9-16(10-12-20)14-19-2/h5-8,16,19H,3-4,9-15H2,1-2H3. The summed E-state index contributed by atoms with van der Waals surface area (Å²) < 4.78 is 5.71. The molecule has 0 unspecified atom stereocenters. The fraction of sp³-hybridized carbons (Fsp3) is 0.667. The summed E-state index contributed by atoms with van der Waals surface area (Å²) in [4.78, 5) is 2.57. The van der Waals surface area contributed by atoms with E-state index in [2.05, 4.69) is 48.5 Å². The number of piperidine rings is 1. The number of likely N-dealkylation sites (tertiary alicyclic amines) is 1. The van der Waals surface area contributed by atoms with Gasteiger partial charge in [0.1, 0.15) is 5.75 Å². The van der Waals surface area contributed by atoms with Crippen LogP contribution >= 0.6 is 0 Å². The molecule has 1 aromatic carbocycles. The summed E-state index contributed by atoms with van der Waals surface area (Å²) in [7, 11) is 2.05. The maximum Gasteiger partial charge on any atom is 0.119 e. The second-order valence-corrected chi connectivity index (χ2v) is 6.12. The summed E-state index contributed by atoms with van der Waals surface area (Å²) in [6.07, 6.45) is 4.95. The highest BCUT2D eigenvalue weighted by Gasteiger charge is 2.18. The van der Waals surface area contributed by atoms with Crippen molar-refractivity contribution in [3.05, 3.63) is 29.8 Å². The molecule has 3 heteroatoms. The fourth-order valence-electron chi connectivity index (χ4n) is 2.92. The average molecular weight is 290 g/mol. The average Bonchev–Trinajstić information content (AvgIpc) is 2.51. The van der Waals surface area contributed by atoms with Crippen LogP contribution < -0.4 is 10.1 Å². The van der Waals surface area contributed by atoms with E-state index in [0.29, 0.717) is 0 Å². The lowest BCUT2D eigenvalue weighted by Crippen LogP contribution is -2.36. The second-order valence-electron chi connectivity index (χ2n) is 6.12. The maximum atomic E-state index is 5.71. The minimum Gasteiger partial charge on any atom is -0.494 e. The van der Waals surface area contributed by atoms with Gasteiger partial charge in [0.2, 0.25) is 0 Å². The highest BCUT2D eigenvalue weighted by Crippen LogP contribution is 2.19. The Morgan fingerprint density at radius 2 is 1.90 bits per heavy atom. The van der Waals surface area contributed by atoms with Gasteiger partial charge >= 0.3 is 0 Å². The third kappa shape index (κ3) is 5.68. The number of nitrogens with zero attached hydrogens (tertiary/aromatic N) is 1. The summed E-state index contributed by atoms with van der Waals surface area (Å²) in [5.41, 5.74) is 1.39. The summed E-state index contributed by atoms with van der Waals surface area (Å²) in [6.45, 7) is 7.70. The first kappa shape index (κ1) is 16.3. The van der Waals surface area contributed by atoms with Gasteiger partial charge in [-0.25, -0.2) is 0 Å². The zero-order chi connectivity index (χ0) is 14.9. The normalized spacial score (nSPS) is 17.0. The Hall–Kier alpha value is -1.06. The summed E-state index contributed by atoms with van der Waals surface area (Å²) >= 11 is 0. The van der Waals surface area contributed by atoms with Gasteiger partial charge in [-0.3, -0.25) is 4.90 Å². The van der Waals surface area contributed by atoms with Crippen LogP contribution in [0.15, 0.2) is 24.3 Å². The van der Waals surface area contributed by atoms with E-state index >= 15 is 0 Å². The molecule has 118 valence electrons. The van der Waals surface area contributed by atoms with Crippen LogP contribution in [0.25, 0.3) is 0 Å². The van der Waals surface area contributed by atoms with Crippen molar-refractivity contribution in [2.75, 3.05) is 33.3 Å². The smallest absolute Gasteiger partial charge is 0.119 e. The van der Waals surface area contributed by atoms with Crippen molar-refractivity contribution in [2.24, 2.45) is 5.92 Å². The van der Waals surface area contributed by atoms with Crippen molar-refractivity contribution in [1.29, 1.82) is 0 Å². The van der Waals surface area contributed by atoms with Gasteiger partial charge in [0, 0.05) is 6.54 Å². The van der Waals surface area contributed by atoms with Crippen LogP contribution in [-0.2, 0) is 6.54 Å². The third-order valence-electron chi connectivity index (χ3n) is 4.30. The first-order chi connectivity index (χ1) is 10.3. The van der Waals surface area contributed by atoms with Crippen molar-refractivity contribution >= 4 is 0 Å². The lowest BCUT2D eigenvalue weighted by molar-refractivity contribution is 0.176. The van der Waals surface area contributed by atoms with Crippen LogP contribution in [0.3, 0.4) is 0 Å². The van der Waals surface area contributed by atoms with Gasteiger partial charge in [-0.15, -0.1) is 0 Å². The molecular formula is C18H30N2O. The zero-order valence-corrected chi connectivity index (χ0v) is 13.6. The predicted molar refractivity (Wildman–Crippen MR) is 88.8 cm³/mol. The molecule has 2 rings (SSSR count). The monoisotopic (exact) mass is 290 g/mol. The molecule has 0 bridgehead atoms. The van der Waals surface area contributed by atoms with Crippen LogP contribution in [0.4, 0.5) is 0 Å². The third-order valence-corrected chi connectivity index (χ3v) is 4.30. The van der Waals surface area contributed by atoms with Gasteiger partial charge in [-0.1, -0.05) is 25.5 Å². The molecule has 0 amide bonds.